The van der Waals surface area contributed by atoms with Gasteiger partial charge in [0.1, 0.15) is 5.82 Å². The van der Waals surface area contributed by atoms with Crippen molar-refractivity contribution in [3.63, 3.8) is 0 Å². The topological polar surface area (TPSA) is 99.4 Å². The zero-order chi connectivity index (χ0) is 21.8. The molecule has 1 aliphatic carbocycles. The van der Waals surface area contributed by atoms with E-state index < -0.39 is 0 Å². The first kappa shape index (κ1) is 21.5. The molecule has 31 heavy (non-hydrogen) atoms. The highest BCUT2D eigenvalue weighted by Gasteiger charge is 2.29. The van der Waals surface area contributed by atoms with Gasteiger partial charge in [0.25, 0.3) is 5.91 Å². The van der Waals surface area contributed by atoms with Crippen LogP contribution in [0, 0.1) is 0 Å². The summed E-state index contributed by atoms with van der Waals surface area (Å²) < 4.78 is 0. The Balaban J connectivity index is 1.46. The number of amides is 1. The average molecular weight is 424 g/mol. The maximum Gasteiger partial charge on any atom is 0.253 e. The van der Waals surface area contributed by atoms with Crippen molar-refractivity contribution in [2.24, 2.45) is 5.73 Å². The van der Waals surface area contributed by atoms with Crippen LogP contribution >= 0.6 is 0 Å². The molecule has 2 aromatic rings. The van der Waals surface area contributed by atoms with Crippen molar-refractivity contribution < 1.29 is 4.79 Å². The first-order chi connectivity index (χ1) is 15.0. The van der Waals surface area contributed by atoms with E-state index in [4.69, 9.17) is 10.7 Å². The molecular formula is C23H33N7O. The van der Waals surface area contributed by atoms with E-state index in [2.05, 4.69) is 34.6 Å². The molecular weight excluding hydrogens is 390 g/mol. The van der Waals surface area contributed by atoms with Crippen molar-refractivity contribution in [1.29, 1.82) is 0 Å². The number of nitrogens with zero attached hydrogens (tertiary/aromatic N) is 4. The van der Waals surface area contributed by atoms with Crippen molar-refractivity contribution in [2.75, 3.05) is 50.9 Å². The van der Waals surface area contributed by atoms with Gasteiger partial charge >= 0.3 is 0 Å². The molecule has 1 aromatic carbocycles. The summed E-state index contributed by atoms with van der Waals surface area (Å²) in [7, 11) is 4.13. The Bertz CT molecular complexity index is 913. The summed E-state index contributed by atoms with van der Waals surface area (Å²) in [5.74, 6) is 2.04. The highest BCUT2D eigenvalue weighted by molar-refractivity contribution is 5.95. The second kappa shape index (κ2) is 9.62. The van der Waals surface area contributed by atoms with E-state index in [9.17, 15) is 4.79 Å². The summed E-state index contributed by atoms with van der Waals surface area (Å²) in [5.41, 5.74) is 8.29. The van der Waals surface area contributed by atoms with Gasteiger partial charge in [-0.25, -0.2) is 4.98 Å². The van der Waals surface area contributed by atoms with E-state index in [1.807, 2.05) is 35.4 Å². The minimum atomic E-state index is 0.0714. The van der Waals surface area contributed by atoms with E-state index in [1.165, 1.54) is 18.4 Å². The highest BCUT2D eigenvalue weighted by Crippen LogP contribution is 2.42. The van der Waals surface area contributed by atoms with Crippen LogP contribution in [-0.4, -0.2) is 72.0 Å². The van der Waals surface area contributed by atoms with Gasteiger partial charge in [-0.15, -0.1) is 0 Å². The van der Waals surface area contributed by atoms with Gasteiger partial charge in [0.15, 0.2) is 0 Å². The number of anilines is 3. The number of aromatic nitrogens is 2. The lowest BCUT2D eigenvalue weighted by molar-refractivity contribution is 0.0783. The van der Waals surface area contributed by atoms with Crippen LogP contribution in [0.1, 0.15) is 47.5 Å². The molecule has 1 saturated heterocycles. The van der Waals surface area contributed by atoms with Gasteiger partial charge in [-0.2, -0.15) is 4.98 Å². The van der Waals surface area contributed by atoms with Gasteiger partial charge in [0, 0.05) is 48.7 Å². The number of carbonyl (C=O) groups is 1. The monoisotopic (exact) mass is 423 g/mol. The molecule has 166 valence electrons. The largest absolute Gasteiger partial charge is 0.370 e. The first-order valence-electron chi connectivity index (χ1n) is 11.2. The molecule has 2 fully saturated rings. The number of nitrogens with two attached hydrogens (primary N) is 1. The fourth-order valence-electron chi connectivity index (χ4n) is 3.98. The number of likely N-dealkylation sites (N-methyl/N-ethyl adjacent to an activating group) is 1. The van der Waals surface area contributed by atoms with Gasteiger partial charge < -0.3 is 26.2 Å². The van der Waals surface area contributed by atoms with Crippen molar-refractivity contribution in [2.45, 2.75) is 37.6 Å². The van der Waals surface area contributed by atoms with Crippen LogP contribution < -0.4 is 16.4 Å². The molecule has 1 amide bonds. The molecule has 1 atom stereocenters. The standard InChI is InChI=1S/C23H33N7O/c1-29(2)19-9-12-30(15-19)22(31)17-5-3-6-18(13-17)27-23-26-14-20(16-7-8-16)21(28-23)25-11-4-10-24/h3,5-6,13-14,16,19H,4,7-12,15,24H2,1-2H3,(H2,25,26,27,28)/t19-/m1/s1. The minimum Gasteiger partial charge on any atom is -0.370 e. The van der Waals surface area contributed by atoms with Crippen LogP contribution in [0.2, 0.25) is 0 Å². The minimum absolute atomic E-state index is 0.0714. The van der Waals surface area contributed by atoms with Crippen LogP contribution in [0.5, 0.6) is 0 Å². The van der Waals surface area contributed by atoms with E-state index in [1.54, 1.807) is 0 Å². The molecule has 1 aromatic heterocycles. The molecule has 4 N–H and O–H groups in total. The van der Waals surface area contributed by atoms with Crippen molar-refractivity contribution in [3.8, 4) is 0 Å². The number of nitrogens with one attached hydrogen (secondary N) is 2. The molecule has 0 unspecified atom stereocenters. The average Bonchev–Trinajstić information content (AvgIpc) is 3.48. The second-order valence-electron chi connectivity index (χ2n) is 8.70. The predicted molar refractivity (Wildman–Crippen MR) is 124 cm³/mol. The number of likely N-dealkylation sites (tertiary alicyclic amines) is 1. The van der Waals surface area contributed by atoms with Crippen molar-refractivity contribution in [1.82, 2.24) is 19.8 Å². The zero-order valence-electron chi connectivity index (χ0n) is 18.5. The maximum atomic E-state index is 13.0. The number of hydrogen-bond acceptors (Lipinski definition) is 7. The quantitative estimate of drug-likeness (QED) is 0.533. The molecule has 8 heteroatoms. The van der Waals surface area contributed by atoms with E-state index in [0.29, 0.717) is 30.0 Å². The third-order valence-electron chi connectivity index (χ3n) is 6.05. The molecule has 0 spiro atoms. The second-order valence-corrected chi connectivity index (χ2v) is 8.70. The highest BCUT2D eigenvalue weighted by atomic mass is 16.2. The lowest BCUT2D eigenvalue weighted by Gasteiger charge is -2.20. The summed E-state index contributed by atoms with van der Waals surface area (Å²) in [6, 6.07) is 8.00. The summed E-state index contributed by atoms with van der Waals surface area (Å²) in [6.07, 6.45) is 6.20. The Kier molecular flexibility index (Phi) is 6.67. The molecule has 1 saturated carbocycles. The predicted octanol–water partition coefficient (Wildman–Crippen LogP) is 2.63. The third kappa shape index (κ3) is 5.32. The fourth-order valence-corrected chi connectivity index (χ4v) is 3.98. The third-order valence-corrected chi connectivity index (χ3v) is 6.05. The number of hydrogen-bond donors (Lipinski definition) is 3. The zero-order valence-corrected chi connectivity index (χ0v) is 18.5. The van der Waals surface area contributed by atoms with E-state index >= 15 is 0 Å². The molecule has 8 nitrogen and oxygen atoms in total. The SMILES string of the molecule is CN(C)[C@@H]1CCN(C(=O)c2cccc(Nc3ncc(C4CC4)c(NCCCN)n3)c2)C1. The van der Waals surface area contributed by atoms with Crippen LogP contribution in [0.3, 0.4) is 0 Å². The lowest BCUT2D eigenvalue weighted by atomic mass is 10.1. The van der Waals surface area contributed by atoms with E-state index in [0.717, 1.165) is 44.0 Å². The normalized spacial score (nSPS) is 18.5. The fraction of sp³-hybridized carbons (Fsp3) is 0.522. The first-order valence-corrected chi connectivity index (χ1v) is 11.2. The molecule has 0 radical (unpaired) electrons. The summed E-state index contributed by atoms with van der Waals surface area (Å²) in [6.45, 7) is 3.01. The Morgan fingerprint density at radius 2 is 2.13 bits per heavy atom. The smallest absolute Gasteiger partial charge is 0.253 e. The number of rotatable bonds is 9. The Morgan fingerprint density at radius 3 is 2.84 bits per heavy atom. The summed E-state index contributed by atoms with van der Waals surface area (Å²) in [5, 5.41) is 6.67. The summed E-state index contributed by atoms with van der Waals surface area (Å²) >= 11 is 0. The molecule has 2 aliphatic rings. The molecule has 2 heterocycles. The Morgan fingerprint density at radius 1 is 1.29 bits per heavy atom. The lowest BCUT2D eigenvalue weighted by Crippen LogP contribution is -2.34. The molecule has 0 bridgehead atoms. The molecule has 1 aliphatic heterocycles. The van der Waals surface area contributed by atoms with Gasteiger partial charge in [-0.3, -0.25) is 4.79 Å². The molecule has 4 rings (SSSR count). The van der Waals surface area contributed by atoms with Crippen LogP contribution in [0.15, 0.2) is 30.5 Å². The van der Waals surface area contributed by atoms with Crippen molar-refractivity contribution >= 4 is 23.4 Å². The number of benzene rings is 1. The van der Waals surface area contributed by atoms with Gasteiger partial charge in [0.2, 0.25) is 5.95 Å². The number of carbonyl (C=O) groups excluding carboxylic acids is 1. The summed E-state index contributed by atoms with van der Waals surface area (Å²) in [4.78, 5) is 26.3. The maximum absolute atomic E-state index is 13.0. The van der Waals surface area contributed by atoms with Gasteiger partial charge in [-0.05, 0) is 70.4 Å². The van der Waals surface area contributed by atoms with E-state index in [-0.39, 0.29) is 5.91 Å². The Labute approximate surface area is 184 Å². The van der Waals surface area contributed by atoms with Crippen LogP contribution in [0.25, 0.3) is 0 Å². The van der Waals surface area contributed by atoms with Crippen LogP contribution in [-0.2, 0) is 0 Å². The van der Waals surface area contributed by atoms with Crippen LogP contribution in [0.4, 0.5) is 17.5 Å². The van der Waals surface area contributed by atoms with Gasteiger partial charge in [-0.1, -0.05) is 6.07 Å². The van der Waals surface area contributed by atoms with Crippen molar-refractivity contribution in [3.05, 3.63) is 41.6 Å². The Hall–Kier alpha value is -2.71. The van der Waals surface area contributed by atoms with Gasteiger partial charge in [0.05, 0.1) is 0 Å².